The van der Waals surface area contributed by atoms with E-state index in [1.54, 1.807) is 0 Å². The molecule has 0 N–H and O–H groups in total. The molecule has 0 unspecified atom stereocenters. The molecule has 3 aliphatic carbocycles. The predicted octanol–water partition coefficient (Wildman–Crippen LogP) is 5.94. The molecule has 2 aromatic rings. The highest BCUT2D eigenvalue weighted by Gasteiger charge is 2.24. The molecule has 0 heterocycles. The molecule has 3 aliphatic rings. The maximum Gasteiger partial charge on any atom is -0.00130 e. The van der Waals surface area contributed by atoms with E-state index >= 15 is 0 Å². The lowest BCUT2D eigenvalue weighted by Crippen LogP contribution is -1.94. The molecule has 110 valence electrons. The van der Waals surface area contributed by atoms with Gasteiger partial charge >= 0.3 is 0 Å². The van der Waals surface area contributed by atoms with Crippen LogP contribution < -0.4 is 0 Å². The first-order valence-corrected chi connectivity index (χ1v) is 8.37. The van der Waals surface area contributed by atoms with Gasteiger partial charge in [-0.25, -0.2) is 0 Å². The molecule has 0 radical (unpaired) electrons. The highest BCUT2D eigenvalue weighted by molar-refractivity contribution is 5.91. The second kappa shape index (κ2) is 4.96. The van der Waals surface area contributed by atoms with Crippen molar-refractivity contribution in [1.29, 1.82) is 0 Å². The summed E-state index contributed by atoms with van der Waals surface area (Å²) in [6.07, 6.45) is 16.6. The van der Waals surface area contributed by atoms with Gasteiger partial charge in [0.25, 0.3) is 0 Å². The zero-order valence-corrected chi connectivity index (χ0v) is 13.0. The van der Waals surface area contributed by atoms with Crippen molar-refractivity contribution in [2.75, 3.05) is 0 Å². The summed E-state index contributed by atoms with van der Waals surface area (Å²) in [5, 5.41) is 0. The zero-order valence-electron chi connectivity index (χ0n) is 13.0. The van der Waals surface area contributed by atoms with Gasteiger partial charge in [-0.15, -0.1) is 0 Å². The first-order valence-electron chi connectivity index (χ1n) is 8.37. The fourth-order valence-corrected chi connectivity index (χ4v) is 4.03. The number of fused-ring (bicyclic) bond motifs is 3. The van der Waals surface area contributed by atoms with Crippen molar-refractivity contribution in [3.63, 3.8) is 0 Å². The molecule has 0 aliphatic heterocycles. The summed E-state index contributed by atoms with van der Waals surface area (Å²) < 4.78 is 0. The van der Waals surface area contributed by atoms with Gasteiger partial charge in [0, 0.05) is 0 Å². The van der Waals surface area contributed by atoms with Crippen LogP contribution in [0.2, 0.25) is 0 Å². The molecule has 0 amide bonds. The number of benzene rings is 2. The molecule has 0 bridgehead atoms. The number of hydrogen-bond donors (Lipinski definition) is 0. The topological polar surface area (TPSA) is 0 Å². The smallest absolute Gasteiger partial charge is 0.00130 e. The Labute approximate surface area is 137 Å². The predicted molar refractivity (Wildman–Crippen MR) is 98.2 cm³/mol. The van der Waals surface area contributed by atoms with Gasteiger partial charge in [0.1, 0.15) is 0 Å². The lowest BCUT2D eigenvalue weighted by Gasteiger charge is -2.15. The first-order chi connectivity index (χ1) is 11.4. The molecule has 0 nitrogen and oxygen atoms in total. The molecule has 0 spiro atoms. The fraction of sp³-hybridized carbons (Fsp3) is 0.130. The summed E-state index contributed by atoms with van der Waals surface area (Å²) in [5.74, 6) is 0. The quantitative estimate of drug-likeness (QED) is 0.548. The second-order valence-electron chi connectivity index (χ2n) is 6.54. The number of allylic oxidation sites excluding steroid dienone is 8. The Morgan fingerprint density at radius 2 is 1.48 bits per heavy atom. The summed E-state index contributed by atoms with van der Waals surface area (Å²) in [6.45, 7) is 0. The molecule has 5 rings (SSSR count). The average molecular weight is 294 g/mol. The maximum atomic E-state index is 2.42. The van der Waals surface area contributed by atoms with Gasteiger partial charge in [0.05, 0.1) is 0 Å². The van der Waals surface area contributed by atoms with Gasteiger partial charge in [0.15, 0.2) is 0 Å². The molecular formula is C23H18. The van der Waals surface area contributed by atoms with Gasteiger partial charge in [-0.05, 0) is 69.9 Å². The van der Waals surface area contributed by atoms with Crippen LogP contribution in [0.25, 0.3) is 22.3 Å². The van der Waals surface area contributed by atoms with Crippen molar-refractivity contribution in [3.05, 3.63) is 95.1 Å². The van der Waals surface area contributed by atoms with E-state index in [9.17, 15) is 0 Å². The normalized spacial score (nSPS) is 17.2. The summed E-state index contributed by atoms with van der Waals surface area (Å²) >= 11 is 0. The molecule has 2 aromatic carbocycles. The van der Waals surface area contributed by atoms with Crippen LogP contribution in [0.4, 0.5) is 0 Å². The van der Waals surface area contributed by atoms with Crippen molar-refractivity contribution in [3.8, 4) is 11.1 Å². The molecule has 0 heteroatoms. The Balaban J connectivity index is 1.74. The Morgan fingerprint density at radius 3 is 2.26 bits per heavy atom. The van der Waals surface area contributed by atoms with E-state index < -0.39 is 0 Å². The van der Waals surface area contributed by atoms with Crippen LogP contribution in [0.15, 0.2) is 72.9 Å². The van der Waals surface area contributed by atoms with Gasteiger partial charge in [-0.1, -0.05) is 66.8 Å². The van der Waals surface area contributed by atoms with Gasteiger partial charge in [0.2, 0.25) is 0 Å². The van der Waals surface area contributed by atoms with Crippen LogP contribution in [0.5, 0.6) is 0 Å². The van der Waals surface area contributed by atoms with Crippen LogP contribution in [0, 0.1) is 0 Å². The molecule has 23 heavy (non-hydrogen) atoms. The highest BCUT2D eigenvalue weighted by atomic mass is 14.3. The lowest BCUT2D eigenvalue weighted by molar-refractivity contribution is 1.25. The van der Waals surface area contributed by atoms with Crippen LogP contribution in [-0.4, -0.2) is 0 Å². The van der Waals surface area contributed by atoms with E-state index in [-0.39, 0.29) is 0 Å². The van der Waals surface area contributed by atoms with E-state index in [0.717, 1.165) is 19.3 Å². The standard InChI is InChI=1S/C23H18/c1-2-8-16(7-1)19-14-20-13-18-11-5-6-12-21(18)23(20)22(15-19)17-9-3-4-10-17/h1-7,9,11-12,14-15H,8,10,13H2. The molecule has 0 fully saturated rings. The van der Waals surface area contributed by atoms with Crippen LogP contribution in [0.3, 0.4) is 0 Å². The van der Waals surface area contributed by atoms with Gasteiger partial charge in [-0.3, -0.25) is 0 Å². The third-order valence-corrected chi connectivity index (χ3v) is 5.15. The van der Waals surface area contributed by atoms with Gasteiger partial charge < -0.3 is 0 Å². The van der Waals surface area contributed by atoms with Crippen molar-refractivity contribution >= 4 is 11.1 Å². The van der Waals surface area contributed by atoms with Crippen molar-refractivity contribution in [2.24, 2.45) is 0 Å². The molecule has 0 saturated heterocycles. The Morgan fingerprint density at radius 1 is 0.696 bits per heavy atom. The van der Waals surface area contributed by atoms with Crippen LogP contribution in [0.1, 0.15) is 35.1 Å². The third-order valence-electron chi connectivity index (χ3n) is 5.15. The monoisotopic (exact) mass is 294 g/mol. The Kier molecular flexibility index (Phi) is 2.78. The first kappa shape index (κ1) is 12.9. The minimum absolute atomic E-state index is 1.05. The highest BCUT2D eigenvalue weighted by Crippen LogP contribution is 2.44. The second-order valence-corrected chi connectivity index (χ2v) is 6.54. The average Bonchev–Trinajstić information content (AvgIpc) is 3.32. The van der Waals surface area contributed by atoms with Gasteiger partial charge in [-0.2, -0.15) is 0 Å². The lowest BCUT2D eigenvalue weighted by atomic mass is 9.89. The summed E-state index contributed by atoms with van der Waals surface area (Å²) in [5.41, 5.74) is 11.6. The van der Waals surface area contributed by atoms with E-state index in [1.165, 1.54) is 44.5 Å². The molecule has 0 atom stereocenters. The summed E-state index contributed by atoms with van der Waals surface area (Å²) in [7, 11) is 0. The Bertz CT molecular complexity index is 933. The summed E-state index contributed by atoms with van der Waals surface area (Å²) in [6, 6.07) is 13.7. The Hall–Kier alpha value is -2.60. The maximum absolute atomic E-state index is 2.42. The van der Waals surface area contributed by atoms with E-state index in [1.807, 2.05) is 0 Å². The summed E-state index contributed by atoms with van der Waals surface area (Å²) in [4.78, 5) is 0. The van der Waals surface area contributed by atoms with E-state index in [4.69, 9.17) is 0 Å². The molecule has 0 aromatic heterocycles. The van der Waals surface area contributed by atoms with Crippen molar-refractivity contribution < 1.29 is 0 Å². The van der Waals surface area contributed by atoms with E-state index in [2.05, 4.69) is 72.9 Å². The van der Waals surface area contributed by atoms with E-state index in [0.29, 0.717) is 0 Å². The zero-order chi connectivity index (χ0) is 15.2. The van der Waals surface area contributed by atoms with Crippen molar-refractivity contribution in [1.82, 2.24) is 0 Å². The largest absolute Gasteiger partial charge is 0.0801 e. The fourth-order valence-electron chi connectivity index (χ4n) is 4.03. The van der Waals surface area contributed by atoms with Crippen LogP contribution in [-0.2, 0) is 6.42 Å². The van der Waals surface area contributed by atoms with Crippen LogP contribution >= 0.6 is 0 Å². The number of hydrogen-bond acceptors (Lipinski definition) is 0. The minimum atomic E-state index is 1.05. The number of rotatable bonds is 2. The molecular weight excluding hydrogens is 276 g/mol. The molecule has 0 saturated carbocycles. The minimum Gasteiger partial charge on any atom is -0.0801 e. The van der Waals surface area contributed by atoms with Crippen molar-refractivity contribution in [2.45, 2.75) is 19.3 Å². The third kappa shape index (κ3) is 1.98. The SMILES string of the molecule is C1=CCC(c2cc3c(c(C4=CC=CC4)c2)-c2ccccc2C3)=C1.